The van der Waals surface area contributed by atoms with E-state index in [0.717, 1.165) is 12.1 Å². The molecule has 0 bridgehead atoms. The lowest BCUT2D eigenvalue weighted by Gasteiger charge is -2.06. The van der Waals surface area contributed by atoms with Gasteiger partial charge < -0.3 is 5.32 Å². The maximum atomic E-state index is 12.5. The van der Waals surface area contributed by atoms with E-state index in [2.05, 4.69) is 5.32 Å². The quantitative estimate of drug-likeness (QED) is 0.658. The number of ketones is 1. The van der Waals surface area contributed by atoms with Gasteiger partial charge in [-0.25, -0.2) is 0 Å². The lowest BCUT2D eigenvalue weighted by molar-refractivity contribution is -0.137. The van der Waals surface area contributed by atoms with E-state index in [1.807, 2.05) is 0 Å². The normalized spacial score (nSPS) is 11.5. The first-order valence-electron chi connectivity index (χ1n) is 7.03. The number of Topliss-reactive ketones (excluding diaryl/α,β-unsaturated/α-hetero) is 1. The topological polar surface area (TPSA) is 46.2 Å². The molecule has 0 saturated carbocycles. The highest BCUT2D eigenvalue weighted by molar-refractivity contribution is 6.02. The first-order chi connectivity index (χ1) is 11.3. The van der Waals surface area contributed by atoms with Crippen LogP contribution in [-0.2, 0) is 11.0 Å². The minimum atomic E-state index is -4.38. The van der Waals surface area contributed by atoms with Crippen molar-refractivity contribution in [1.29, 1.82) is 0 Å². The fourth-order valence-corrected chi connectivity index (χ4v) is 1.93. The van der Waals surface area contributed by atoms with Crippen LogP contribution in [0.5, 0.6) is 0 Å². The number of halogens is 3. The second kappa shape index (κ2) is 7.12. The van der Waals surface area contributed by atoms with E-state index in [9.17, 15) is 22.8 Å². The molecule has 0 fully saturated rings. The first-order valence-corrected chi connectivity index (χ1v) is 7.03. The lowest BCUT2D eigenvalue weighted by atomic mass is 10.1. The van der Waals surface area contributed by atoms with Crippen LogP contribution in [0.1, 0.15) is 28.4 Å². The molecule has 1 N–H and O–H groups in total. The summed E-state index contributed by atoms with van der Waals surface area (Å²) >= 11 is 0. The summed E-state index contributed by atoms with van der Waals surface area (Å²) in [6.45, 7) is 1.44. The molecular formula is C18H14F3NO2. The van der Waals surface area contributed by atoms with E-state index in [-0.39, 0.29) is 5.78 Å². The van der Waals surface area contributed by atoms with Crippen LogP contribution in [0.25, 0.3) is 6.08 Å². The van der Waals surface area contributed by atoms with Crippen LogP contribution in [0, 0.1) is 0 Å². The third-order valence-electron chi connectivity index (χ3n) is 3.22. The Labute approximate surface area is 136 Å². The number of carbonyl (C=O) groups is 2. The van der Waals surface area contributed by atoms with Crippen LogP contribution in [0.4, 0.5) is 18.9 Å². The minimum Gasteiger partial charge on any atom is -0.323 e. The predicted octanol–water partition coefficient (Wildman–Crippen LogP) is 4.56. The van der Waals surface area contributed by atoms with Gasteiger partial charge in [0.25, 0.3) is 0 Å². The summed E-state index contributed by atoms with van der Waals surface area (Å²) in [5, 5.41) is 2.60. The molecule has 0 heterocycles. The van der Waals surface area contributed by atoms with Gasteiger partial charge in [0, 0.05) is 17.3 Å². The monoisotopic (exact) mass is 333 g/mol. The Balaban J connectivity index is 1.98. The molecule has 3 nitrogen and oxygen atoms in total. The van der Waals surface area contributed by atoms with Crippen molar-refractivity contribution >= 4 is 23.5 Å². The Hall–Kier alpha value is -2.89. The fourth-order valence-electron chi connectivity index (χ4n) is 1.93. The van der Waals surface area contributed by atoms with Crippen molar-refractivity contribution in [3.8, 4) is 0 Å². The molecule has 0 saturated heterocycles. The van der Waals surface area contributed by atoms with Gasteiger partial charge in [0.2, 0.25) is 5.91 Å². The van der Waals surface area contributed by atoms with Gasteiger partial charge in [0.1, 0.15) is 0 Å². The van der Waals surface area contributed by atoms with Gasteiger partial charge in [-0.05, 0) is 55.0 Å². The Kier molecular flexibility index (Phi) is 5.18. The highest BCUT2D eigenvalue weighted by Gasteiger charge is 2.29. The van der Waals surface area contributed by atoms with Gasteiger partial charge in [-0.2, -0.15) is 13.2 Å². The predicted molar refractivity (Wildman–Crippen MR) is 85.6 cm³/mol. The van der Waals surface area contributed by atoms with Gasteiger partial charge in [-0.3, -0.25) is 9.59 Å². The van der Waals surface area contributed by atoms with Crippen molar-refractivity contribution in [3.05, 3.63) is 71.3 Å². The molecule has 2 aromatic rings. The molecule has 0 atom stereocenters. The van der Waals surface area contributed by atoms with Crippen molar-refractivity contribution in [3.63, 3.8) is 0 Å². The van der Waals surface area contributed by atoms with Crippen LogP contribution in [0.2, 0.25) is 0 Å². The van der Waals surface area contributed by atoms with E-state index in [1.54, 1.807) is 24.3 Å². The number of carbonyl (C=O) groups excluding carboxylic acids is 2. The average Bonchev–Trinajstić information content (AvgIpc) is 2.53. The highest BCUT2D eigenvalue weighted by Crippen LogP contribution is 2.29. The van der Waals surface area contributed by atoms with Crippen molar-refractivity contribution in [2.24, 2.45) is 0 Å². The summed E-state index contributed by atoms with van der Waals surface area (Å²) in [5.74, 6) is -0.499. The number of alkyl halides is 3. The molecule has 0 aliphatic rings. The maximum Gasteiger partial charge on any atom is 0.416 e. The molecule has 0 unspecified atom stereocenters. The molecular weight excluding hydrogens is 319 g/mol. The molecule has 0 radical (unpaired) electrons. The smallest absolute Gasteiger partial charge is 0.323 e. The van der Waals surface area contributed by atoms with E-state index in [1.165, 1.54) is 31.2 Å². The Morgan fingerprint density at radius 1 is 0.958 bits per heavy atom. The van der Waals surface area contributed by atoms with E-state index < -0.39 is 17.6 Å². The van der Waals surface area contributed by atoms with Crippen molar-refractivity contribution in [2.75, 3.05) is 5.32 Å². The molecule has 0 aliphatic heterocycles. The van der Waals surface area contributed by atoms with E-state index >= 15 is 0 Å². The lowest BCUT2D eigenvalue weighted by Crippen LogP contribution is -2.08. The van der Waals surface area contributed by atoms with E-state index in [4.69, 9.17) is 0 Å². The van der Waals surface area contributed by atoms with Crippen molar-refractivity contribution in [1.82, 2.24) is 0 Å². The summed E-state index contributed by atoms with van der Waals surface area (Å²) in [4.78, 5) is 22.9. The second-order valence-electron chi connectivity index (χ2n) is 5.08. The van der Waals surface area contributed by atoms with Gasteiger partial charge >= 0.3 is 6.18 Å². The number of anilines is 1. The molecule has 0 aromatic heterocycles. The number of rotatable bonds is 4. The Bertz CT molecular complexity index is 760. The molecule has 1 amide bonds. The standard InChI is InChI=1S/C18H14F3NO2/c1-12(23)14-5-9-16(10-6-14)22-17(24)11-4-13-2-7-15(8-3-13)18(19,20)21/h2-11H,1H3,(H,22,24)/b11-4+. The number of nitrogens with one attached hydrogen (secondary N) is 1. The van der Waals surface area contributed by atoms with Crippen LogP contribution in [0.15, 0.2) is 54.6 Å². The summed E-state index contributed by atoms with van der Waals surface area (Å²) in [7, 11) is 0. The number of hydrogen-bond acceptors (Lipinski definition) is 2. The fraction of sp³-hybridized carbons (Fsp3) is 0.111. The molecule has 0 aliphatic carbocycles. The van der Waals surface area contributed by atoms with Crippen LogP contribution in [0.3, 0.4) is 0 Å². The van der Waals surface area contributed by atoms with Crippen molar-refractivity contribution < 1.29 is 22.8 Å². The molecule has 2 aromatic carbocycles. The summed E-state index contributed by atoms with van der Waals surface area (Å²) in [6.07, 6.45) is -1.74. The number of benzene rings is 2. The van der Waals surface area contributed by atoms with Gasteiger partial charge in [-0.1, -0.05) is 12.1 Å². The van der Waals surface area contributed by atoms with Gasteiger partial charge in [-0.15, -0.1) is 0 Å². The first kappa shape index (κ1) is 17.5. The molecule has 6 heteroatoms. The third kappa shape index (κ3) is 4.81. The van der Waals surface area contributed by atoms with Crippen molar-refractivity contribution in [2.45, 2.75) is 13.1 Å². The van der Waals surface area contributed by atoms with Gasteiger partial charge in [0.05, 0.1) is 5.56 Å². The highest BCUT2D eigenvalue weighted by atomic mass is 19.4. The summed E-state index contributed by atoms with van der Waals surface area (Å²) in [5.41, 5.74) is 0.787. The zero-order valence-corrected chi connectivity index (χ0v) is 12.7. The average molecular weight is 333 g/mol. The molecule has 124 valence electrons. The minimum absolute atomic E-state index is 0.0740. The Morgan fingerprint density at radius 2 is 1.54 bits per heavy atom. The second-order valence-corrected chi connectivity index (χ2v) is 5.08. The summed E-state index contributed by atoms with van der Waals surface area (Å²) < 4.78 is 37.4. The summed E-state index contributed by atoms with van der Waals surface area (Å²) in [6, 6.07) is 10.9. The zero-order valence-electron chi connectivity index (χ0n) is 12.7. The van der Waals surface area contributed by atoms with Crippen LogP contribution in [-0.4, -0.2) is 11.7 Å². The SMILES string of the molecule is CC(=O)c1ccc(NC(=O)/C=C/c2ccc(C(F)(F)F)cc2)cc1. The molecule has 2 rings (SSSR count). The number of hydrogen-bond donors (Lipinski definition) is 1. The van der Waals surface area contributed by atoms with Crippen LogP contribution < -0.4 is 5.32 Å². The van der Waals surface area contributed by atoms with Crippen LogP contribution >= 0.6 is 0 Å². The number of amides is 1. The molecule has 24 heavy (non-hydrogen) atoms. The third-order valence-corrected chi connectivity index (χ3v) is 3.22. The maximum absolute atomic E-state index is 12.5. The Morgan fingerprint density at radius 3 is 2.04 bits per heavy atom. The zero-order chi connectivity index (χ0) is 17.7. The molecule has 0 spiro atoms. The van der Waals surface area contributed by atoms with E-state index in [0.29, 0.717) is 16.8 Å². The largest absolute Gasteiger partial charge is 0.416 e. The van der Waals surface area contributed by atoms with Gasteiger partial charge in [0.15, 0.2) is 5.78 Å².